The minimum Gasteiger partial charge on any atom is -0.314 e. The van der Waals surface area contributed by atoms with Crippen molar-refractivity contribution < 1.29 is 4.57 Å². The highest BCUT2D eigenvalue weighted by Gasteiger charge is 2.31. The van der Waals surface area contributed by atoms with Gasteiger partial charge < -0.3 is 4.57 Å². The minimum atomic E-state index is -2.40. The molecular weight excluding hydrogens is 227 g/mol. The lowest BCUT2D eigenvalue weighted by Gasteiger charge is -2.12. The Bertz CT molecular complexity index is 641. The first-order chi connectivity index (χ1) is 8.19. The molecule has 0 aromatic heterocycles. The second kappa shape index (κ2) is 3.72. The van der Waals surface area contributed by atoms with Gasteiger partial charge in [-0.05, 0) is 23.9 Å². The average Bonchev–Trinajstić information content (AvgIpc) is 2.63. The standard InChI is InChI=1S/C15H13OP/c1-17(16)14-10-6-5-9-13(14)11-15(17)12-7-3-2-4-8-12/h2-11H,1H3. The Hall–Kier alpha value is -1.59. The first-order valence-electron chi connectivity index (χ1n) is 5.64. The van der Waals surface area contributed by atoms with Crippen LogP contribution in [0, 0.1) is 0 Å². The van der Waals surface area contributed by atoms with Crippen molar-refractivity contribution in [3.63, 3.8) is 0 Å². The highest BCUT2D eigenvalue weighted by Crippen LogP contribution is 2.59. The SMILES string of the molecule is CP1(=O)C(c2ccccc2)=Cc2ccccc21. The van der Waals surface area contributed by atoms with Crippen molar-refractivity contribution in [1.82, 2.24) is 0 Å². The summed E-state index contributed by atoms with van der Waals surface area (Å²) in [6, 6.07) is 17.9. The lowest BCUT2D eigenvalue weighted by molar-refractivity contribution is 0.591. The quantitative estimate of drug-likeness (QED) is 0.692. The Morgan fingerprint density at radius 3 is 2.24 bits per heavy atom. The van der Waals surface area contributed by atoms with E-state index in [1.165, 1.54) is 0 Å². The van der Waals surface area contributed by atoms with Crippen molar-refractivity contribution >= 4 is 23.8 Å². The summed E-state index contributed by atoms with van der Waals surface area (Å²) < 4.78 is 12.9. The predicted octanol–water partition coefficient (Wildman–Crippen LogP) is 3.82. The summed E-state index contributed by atoms with van der Waals surface area (Å²) in [6.07, 6.45) is 2.06. The Morgan fingerprint density at radius 1 is 0.882 bits per heavy atom. The lowest BCUT2D eigenvalue weighted by Crippen LogP contribution is -2.02. The van der Waals surface area contributed by atoms with Crippen molar-refractivity contribution in [1.29, 1.82) is 0 Å². The smallest absolute Gasteiger partial charge is 0.141 e. The molecule has 0 amide bonds. The molecule has 1 nitrogen and oxygen atoms in total. The van der Waals surface area contributed by atoms with Crippen molar-refractivity contribution in [2.24, 2.45) is 0 Å². The summed E-state index contributed by atoms with van der Waals surface area (Å²) in [6.45, 7) is 1.86. The van der Waals surface area contributed by atoms with Gasteiger partial charge in [-0.2, -0.15) is 0 Å². The Morgan fingerprint density at radius 2 is 1.53 bits per heavy atom. The van der Waals surface area contributed by atoms with E-state index in [2.05, 4.69) is 6.08 Å². The maximum Gasteiger partial charge on any atom is 0.141 e. The Kier molecular flexibility index (Phi) is 2.31. The number of rotatable bonds is 1. The summed E-state index contributed by atoms with van der Waals surface area (Å²) in [5, 5.41) is 1.96. The van der Waals surface area contributed by atoms with E-state index in [1.54, 1.807) is 0 Å². The third-order valence-electron chi connectivity index (χ3n) is 3.22. The van der Waals surface area contributed by atoms with Crippen LogP contribution in [-0.2, 0) is 4.57 Å². The molecule has 1 aliphatic rings. The predicted molar refractivity (Wildman–Crippen MR) is 73.9 cm³/mol. The molecule has 0 saturated carbocycles. The normalized spacial score (nSPS) is 22.1. The van der Waals surface area contributed by atoms with Crippen LogP contribution in [0.4, 0.5) is 0 Å². The van der Waals surface area contributed by atoms with E-state index in [1.807, 2.05) is 61.3 Å². The topological polar surface area (TPSA) is 17.1 Å². The van der Waals surface area contributed by atoms with E-state index in [0.717, 1.165) is 21.7 Å². The molecule has 0 N–H and O–H groups in total. The zero-order valence-electron chi connectivity index (χ0n) is 9.63. The van der Waals surface area contributed by atoms with Crippen molar-refractivity contribution in [2.45, 2.75) is 0 Å². The fraction of sp³-hybridized carbons (Fsp3) is 0.0667. The van der Waals surface area contributed by atoms with Crippen molar-refractivity contribution in [2.75, 3.05) is 6.66 Å². The first kappa shape index (κ1) is 10.6. The highest BCUT2D eigenvalue weighted by molar-refractivity contribution is 7.81. The van der Waals surface area contributed by atoms with Gasteiger partial charge in [0.25, 0.3) is 0 Å². The van der Waals surface area contributed by atoms with Crippen LogP contribution in [0.2, 0.25) is 0 Å². The maximum atomic E-state index is 12.9. The van der Waals surface area contributed by atoms with Crippen molar-refractivity contribution in [3.05, 3.63) is 65.7 Å². The number of benzene rings is 2. The Balaban J connectivity index is 2.21. The maximum absolute atomic E-state index is 12.9. The van der Waals surface area contributed by atoms with Gasteiger partial charge in [0.2, 0.25) is 0 Å². The van der Waals surface area contributed by atoms with Gasteiger partial charge in [-0.15, -0.1) is 0 Å². The van der Waals surface area contributed by atoms with Crippen LogP contribution in [0.25, 0.3) is 11.4 Å². The number of fused-ring (bicyclic) bond motifs is 1. The molecular formula is C15H13OP. The van der Waals surface area contributed by atoms with E-state index in [-0.39, 0.29) is 0 Å². The van der Waals surface area contributed by atoms with Crippen LogP contribution in [0.3, 0.4) is 0 Å². The summed E-state index contributed by atoms with van der Waals surface area (Å²) in [4.78, 5) is 0. The second-order valence-corrected chi connectivity index (χ2v) is 7.19. The monoisotopic (exact) mass is 240 g/mol. The van der Waals surface area contributed by atoms with Gasteiger partial charge in [0.15, 0.2) is 0 Å². The van der Waals surface area contributed by atoms with Crippen LogP contribution < -0.4 is 5.30 Å². The van der Waals surface area contributed by atoms with Gasteiger partial charge in [-0.25, -0.2) is 0 Å². The van der Waals surface area contributed by atoms with Crippen LogP contribution in [0.15, 0.2) is 54.6 Å². The van der Waals surface area contributed by atoms with Gasteiger partial charge in [0.05, 0.1) is 0 Å². The minimum absolute atomic E-state index is 0.972. The highest BCUT2D eigenvalue weighted by atomic mass is 31.2. The molecule has 0 fully saturated rings. The third-order valence-corrected chi connectivity index (χ3v) is 5.85. The van der Waals surface area contributed by atoms with E-state index >= 15 is 0 Å². The van der Waals surface area contributed by atoms with Gasteiger partial charge in [-0.3, -0.25) is 0 Å². The fourth-order valence-corrected chi connectivity index (χ4v) is 4.63. The third kappa shape index (κ3) is 1.59. The molecule has 1 aliphatic heterocycles. The van der Waals surface area contributed by atoms with E-state index in [9.17, 15) is 4.57 Å². The molecule has 1 atom stereocenters. The summed E-state index contributed by atoms with van der Waals surface area (Å²) in [5.74, 6) is 0. The van der Waals surface area contributed by atoms with Gasteiger partial charge in [0, 0.05) is 10.6 Å². The van der Waals surface area contributed by atoms with Gasteiger partial charge >= 0.3 is 0 Å². The van der Waals surface area contributed by atoms with Crippen LogP contribution in [0.1, 0.15) is 11.1 Å². The molecule has 0 saturated heterocycles. The van der Waals surface area contributed by atoms with Crippen LogP contribution in [-0.4, -0.2) is 6.66 Å². The number of hydrogen-bond acceptors (Lipinski definition) is 1. The summed E-state index contributed by atoms with van der Waals surface area (Å²) in [7, 11) is -2.40. The molecule has 3 rings (SSSR count). The van der Waals surface area contributed by atoms with Gasteiger partial charge in [-0.1, -0.05) is 54.6 Å². The summed E-state index contributed by atoms with van der Waals surface area (Å²) in [5.41, 5.74) is 2.16. The van der Waals surface area contributed by atoms with E-state index in [0.29, 0.717) is 0 Å². The summed E-state index contributed by atoms with van der Waals surface area (Å²) >= 11 is 0. The molecule has 2 aromatic carbocycles. The first-order valence-corrected chi connectivity index (χ1v) is 7.80. The fourth-order valence-electron chi connectivity index (χ4n) is 2.34. The lowest BCUT2D eigenvalue weighted by atomic mass is 10.1. The molecule has 1 unspecified atom stereocenters. The zero-order chi connectivity index (χ0) is 11.9. The molecule has 0 spiro atoms. The molecule has 1 heterocycles. The molecule has 17 heavy (non-hydrogen) atoms. The van der Waals surface area contributed by atoms with Crippen molar-refractivity contribution in [3.8, 4) is 0 Å². The molecule has 0 radical (unpaired) electrons. The molecule has 2 heteroatoms. The number of hydrogen-bond donors (Lipinski definition) is 0. The van der Waals surface area contributed by atoms with Crippen LogP contribution >= 0.6 is 7.14 Å². The van der Waals surface area contributed by atoms with Gasteiger partial charge in [0.1, 0.15) is 7.14 Å². The molecule has 2 aromatic rings. The largest absolute Gasteiger partial charge is 0.314 e. The molecule has 0 bridgehead atoms. The van der Waals surface area contributed by atoms with Crippen LogP contribution in [0.5, 0.6) is 0 Å². The molecule has 0 aliphatic carbocycles. The average molecular weight is 240 g/mol. The molecule has 84 valence electrons. The zero-order valence-corrected chi connectivity index (χ0v) is 10.5. The van der Waals surface area contributed by atoms with E-state index in [4.69, 9.17) is 0 Å². The second-order valence-electron chi connectivity index (χ2n) is 4.38. The Labute approximate surface area is 101 Å². The van der Waals surface area contributed by atoms with E-state index < -0.39 is 7.14 Å².